The van der Waals surface area contributed by atoms with E-state index in [2.05, 4.69) is 84.9 Å². The molecule has 30 heavy (non-hydrogen) atoms. The van der Waals surface area contributed by atoms with Gasteiger partial charge < -0.3 is 4.74 Å². The first kappa shape index (κ1) is 19.9. The third-order valence-corrected chi connectivity index (χ3v) is 10.4. The van der Waals surface area contributed by atoms with Crippen LogP contribution in [0.3, 0.4) is 0 Å². The van der Waals surface area contributed by atoms with Crippen molar-refractivity contribution in [3.63, 3.8) is 0 Å². The maximum Gasteiger partial charge on any atom is 0.302 e. The van der Waals surface area contributed by atoms with E-state index in [4.69, 9.17) is 4.74 Å². The molecule has 0 saturated heterocycles. The molecular weight excluding hydrogens is 384 g/mol. The van der Waals surface area contributed by atoms with Gasteiger partial charge in [-0.25, -0.2) is 0 Å². The van der Waals surface area contributed by atoms with Crippen LogP contribution in [-0.4, -0.2) is 14.0 Å². The van der Waals surface area contributed by atoms with Gasteiger partial charge in [-0.2, -0.15) is 0 Å². The highest BCUT2D eigenvalue weighted by Crippen LogP contribution is 2.29. The summed E-state index contributed by atoms with van der Waals surface area (Å²) in [5.74, 6) is -0.275. The van der Waals surface area contributed by atoms with E-state index in [1.807, 2.05) is 36.4 Å². The number of carbonyl (C=O) groups excluding carboxylic acids is 1. The summed E-state index contributed by atoms with van der Waals surface area (Å²) in [4.78, 5) is 12.4. The fraction of sp³-hybridized carbons (Fsp3) is 0.0741. The highest BCUT2D eigenvalue weighted by atomic mass is 28.3. The Bertz CT molecular complexity index is 984. The summed E-state index contributed by atoms with van der Waals surface area (Å²) in [6.07, 6.45) is 0. The van der Waals surface area contributed by atoms with E-state index >= 15 is 0 Å². The van der Waals surface area contributed by atoms with Crippen molar-refractivity contribution in [1.82, 2.24) is 0 Å². The summed E-state index contributed by atoms with van der Waals surface area (Å²) in [6.45, 7) is 1.50. The van der Waals surface area contributed by atoms with Crippen molar-refractivity contribution in [2.75, 3.05) is 0 Å². The minimum absolute atomic E-state index is 0.275. The first-order valence-electron chi connectivity index (χ1n) is 10.1. The minimum Gasteiger partial charge on any atom is -0.460 e. The molecule has 0 N–H and O–H groups in total. The molecule has 4 aromatic rings. The standard InChI is InChI=1S/C27H24O2Si/c1-22(28)29-27(23-14-6-2-7-15-23)30(24-16-8-3-9-17-24,25-18-10-4-11-19-25)26-20-12-5-13-21-26/h2-21,27H,1H3/t27-/m0/s1. The van der Waals surface area contributed by atoms with Crippen LogP contribution in [0, 0.1) is 0 Å². The Balaban J connectivity index is 2.12. The van der Waals surface area contributed by atoms with Crippen LogP contribution in [0.5, 0.6) is 0 Å². The van der Waals surface area contributed by atoms with Gasteiger partial charge in [-0.1, -0.05) is 121 Å². The van der Waals surface area contributed by atoms with Gasteiger partial charge in [0.05, 0.1) is 0 Å². The Kier molecular flexibility index (Phi) is 5.91. The predicted octanol–water partition coefficient (Wildman–Crippen LogP) is 4.00. The smallest absolute Gasteiger partial charge is 0.302 e. The van der Waals surface area contributed by atoms with Crippen LogP contribution in [0.25, 0.3) is 0 Å². The molecule has 0 aliphatic carbocycles. The third-order valence-electron chi connectivity index (χ3n) is 5.47. The monoisotopic (exact) mass is 408 g/mol. The molecule has 0 unspecified atom stereocenters. The lowest BCUT2D eigenvalue weighted by atomic mass is 10.2. The van der Waals surface area contributed by atoms with Gasteiger partial charge in [0.2, 0.25) is 0 Å². The minimum atomic E-state index is -2.80. The summed E-state index contributed by atoms with van der Waals surface area (Å²) < 4.78 is 6.19. The fourth-order valence-electron chi connectivity index (χ4n) is 4.26. The SMILES string of the molecule is CC(=O)O[C@H](c1ccccc1)[Si](c1ccccc1)(c1ccccc1)c1ccccc1. The molecule has 0 radical (unpaired) electrons. The summed E-state index contributed by atoms with van der Waals surface area (Å²) in [5.41, 5.74) is 0.610. The molecule has 0 spiro atoms. The largest absolute Gasteiger partial charge is 0.460 e. The topological polar surface area (TPSA) is 26.3 Å². The van der Waals surface area contributed by atoms with Gasteiger partial charge in [-0.3, -0.25) is 4.79 Å². The Morgan fingerprint density at radius 2 is 0.933 bits per heavy atom. The molecule has 0 aliphatic heterocycles. The van der Waals surface area contributed by atoms with Gasteiger partial charge in [-0.15, -0.1) is 0 Å². The molecule has 4 rings (SSSR count). The van der Waals surface area contributed by atoms with E-state index in [0.717, 1.165) is 5.56 Å². The van der Waals surface area contributed by atoms with E-state index in [0.29, 0.717) is 0 Å². The maximum absolute atomic E-state index is 12.4. The van der Waals surface area contributed by atoms with E-state index in [1.165, 1.54) is 22.5 Å². The van der Waals surface area contributed by atoms with Crippen molar-refractivity contribution < 1.29 is 9.53 Å². The Hall–Kier alpha value is -3.43. The first-order valence-corrected chi connectivity index (χ1v) is 12.2. The Morgan fingerprint density at radius 1 is 0.600 bits per heavy atom. The lowest BCUT2D eigenvalue weighted by Crippen LogP contribution is -2.71. The van der Waals surface area contributed by atoms with Gasteiger partial charge >= 0.3 is 5.97 Å². The van der Waals surface area contributed by atoms with Crippen LogP contribution < -0.4 is 15.6 Å². The van der Waals surface area contributed by atoms with Crippen LogP contribution in [0.15, 0.2) is 121 Å². The number of carbonyl (C=O) groups is 1. The lowest BCUT2D eigenvalue weighted by Gasteiger charge is -2.40. The van der Waals surface area contributed by atoms with Crippen molar-refractivity contribution in [2.24, 2.45) is 0 Å². The zero-order chi connectivity index (χ0) is 20.8. The zero-order valence-electron chi connectivity index (χ0n) is 16.9. The highest BCUT2D eigenvalue weighted by Gasteiger charge is 2.49. The van der Waals surface area contributed by atoms with Gasteiger partial charge in [0.25, 0.3) is 0 Å². The molecule has 0 bridgehead atoms. The summed E-state index contributed by atoms with van der Waals surface area (Å²) in [5, 5.41) is 3.62. The number of hydrogen-bond acceptors (Lipinski definition) is 2. The molecule has 0 saturated carbocycles. The van der Waals surface area contributed by atoms with Gasteiger partial charge in [0, 0.05) is 6.92 Å². The van der Waals surface area contributed by atoms with Crippen molar-refractivity contribution in [3.8, 4) is 0 Å². The average molecular weight is 409 g/mol. The second kappa shape index (κ2) is 8.93. The molecular formula is C27H24O2Si. The Morgan fingerprint density at radius 3 is 1.27 bits per heavy atom. The van der Waals surface area contributed by atoms with Crippen molar-refractivity contribution in [2.45, 2.75) is 12.7 Å². The summed E-state index contributed by atoms with van der Waals surface area (Å²) in [7, 11) is -2.80. The zero-order valence-corrected chi connectivity index (χ0v) is 17.9. The predicted molar refractivity (Wildman–Crippen MR) is 125 cm³/mol. The van der Waals surface area contributed by atoms with Crippen LogP contribution in [0.2, 0.25) is 0 Å². The van der Waals surface area contributed by atoms with Crippen molar-refractivity contribution in [3.05, 3.63) is 127 Å². The average Bonchev–Trinajstić information content (AvgIpc) is 2.81. The fourth-order valence-corrected chi connectivity index (χ4v) is 9.36. The second-order valence-electron chi connectivity index (χ2n) is 7.31. The van der Waals surface area contributed by atoms with Crippen LogP contribution in [-0.2, 0) is 9.53 Å². The molecule has 4 aromatic carbocycles. The molecule has 0 fully saturated rings. The molecule has 0 aromatic heterocycles. The van der Waals surface area contributed by atoms with Crippen LogP contribution >= 0.6 is 0 Å². The normalized spacial score (nSPS) is 12.2. The number of benzene rings is 4. The van der Waals surface area contributed by atoms with Gasteiger partial charge in [-0.05, 0) is 21.1 Å². The van der Waals surface area contributed by atoms with Crippen molar-refractivity contribution >= 4 is 29.6 Å². The quantitative estimate of drug-likeness (QED) is 0.274. The molecule has 0 aliphatic rings. The van der Waals surface area contributed by atoms with E-state index < -0.39 is 13.8 Å². The molecule has 3 heteroatoms. The lowest BCUT2D eigenvalue weighted by molar-refractivity contribution is -0.143. The molecule has 148 valence electrons. The second-order valence-corrected chi connectivity index (χ2v) is 11.2. The summed E-state index contributed by atoms with van der Waals surface area (Å²) in [6, 6.07) is 41.7. The number of esters is 1. The molecule has 0 heterocycles. The number of hydrogen-bond donors (Lipinski definition) is 0. The van der Waals surface area contributed by atoms with Gasteiger partial charge in [0.1, 0.15) is 5.73 Å². The first-order chi connectivity index (χ1) is 14.7. The van der Waals surface area contributed by atoms with E-state index in [1.54, 1.807) is 0 Å². The Labute approximate surface area is 178 Å². The molecule has 1 atom stereocenters. The highest BCUT2D eigenvalue weighted by molar-refractivity contribution is 7.12. The van der Waals surface area contributed by atoms with E-state index in [9.17, 15) is 4.79 Å². The van der Waals surface area contributed by atoms with Crippen LogP contribution in [0.1, 0.15) is 18.2 Å². The summed E-state index contributed by atoms with van der Waals surface area (Å²) >= 11 is 0. The van der Waals surface area contributed by atoms with Crippen molar-refractivity contribution in [1.29, 1.82) is 0 Å². The third kappa shape index (κ3) is 3.72. The van der Waals surface area contributed by atoms with Crippen LogP contribution in [0.4, 0.5) is 0 Å². The van der Waals surface area contributed by atoms with Gasteiger partial charge in [0.15, 0.2) is 8.07 Å². The molecule has 2 nitrogen and oxygen atoms in total. The maximum atomic E-state index is 12.4. The van der Waals surface area contributed by atoms with E-state index in [-0.39, 0.29) is 5.97 Å². The number of ether oxygens (including phenoxy) is 1. The molecule has 0 amide bonds. The number of rotatable bonds is 6.